The van der Waals surface area contributed by atoms with Gasteiger partial charge < -0.3 is 4.74 Å². The summed E-state index contributed by atoms with van der Waals surface area (Å²) < 4.78 is 5.23. The van der Waals surface area contributed by atoms with Gasteiger partial charge in [0, 0.05) is 25.7 Å². The first-order chi connectivity index (χ1) is 8.63. The summed E-state index contributed by atoms with van der Waals surface area (Å²) in [6, 6.07) is 3.48. The number of hydrogen-bond acceptors (Lipinski definition) is 3. The minimum atomic E-state index is 0.201. The molecule has 18 heavy (non-hydrogen) atoms. The maximum absolute atomic E-state index is 9.37. The topological polar surface area (TPSA) is 36.3 Å². The fourth-order valence-electron chi connectivity index (χ4n) is 3.01. The molecular formula is C15H28N2O. The SMILES string of the molecule is CCC(C)N(CCOC)C1CC(C)CCC1C#N. The number of hydrogen-bond donors (Lipinski definition) is 0. The molecule has 1 aliphatic carbocycles. The standard InChI is InChI=1S/C15H28N2O/c1-5-13(3)17(8-9-18-4)15-10-12(2)6-7-14(15)11-16/h12-15H,5-10H2,1-4H3. The van der Waals surface area contributed by atoms with Crippen LogP contribution in [0.3, 0.4) is 0 Å². The van der Waals surface area contributed by atoms with Gasteiger partial charge in [-0.2, -0.15) is 5.26 Å². The maximum atomic E-state index is 9.37. The van der Waals surface area contributed by atoms with Gasteiger partial charge in [0.05, 0.1) is 18.6 Å². The van der Waals surface area contributed by atoms with Gasteiger partial charge in [-0.15, -0.1) is 0 Å². The van der Waals surface area contributed by atoms with Crippen LogP contribution in [-0.2, 0) is 4.74 Å². The van der Waals surface area contributed by atoms with Crippen LogP contribution in [0.5, 0.6) is 0 Å². The molecule has 0 heterocycles. The molecule has 0 aliphatic heterocycles. The van der Waals surface area contributed by atoms with Gasteiger partial charge in [0.15, 0.2) is 0 Å². The van der Waals surface area contributed by atoms with Crippen molar-refractivity contribution in [1.29, 1.82) is 5.26 Å². The van der Waals surface area contributed by atoms with E-state index < -0.39 is 0 Å². The fraction of sp³-hybridized carbons (Fsp3) is 0.933. The lowest BCUT2D eigenvalue weighted by molar-refractivity contribution is 0.0440. The van der Waals surface area contributed by atoms with E-state index in [0.717, 1.165) is 38.3 Å². The van der Waals surface area contributed by atoms with Crippen molar-refractivity contribution < 1.29 is 4.74 Å². The minimum Gasteiger partial charge on any atom is -0.383 e. The molecule has 4 unspecified atom stereocenters. The van der Waals surface area contributed by atoms with E-state index in [2.05, 4.69) is 31.7 Å². The molecule has 0 N–H and O–H groups in total. The Balaban J connectivity index is 2.76. The Labute approximate surface area is 112 Å². The highest BCUT2D eigenvalue weighted by Gasteiger charge is 2.34. The van der Waals surface area contributed by atoms with Gasteiger partial charge in [-0.05, 0) is 38.5 Å². The highest BCUT2D eigenvalue weighted by Crippen LogP contribution is 2.33. The summed E-state index contributed by atoms with van der Waals surface area (Å²) in [4.78, 5) is 2.51. The monoisotopic (exact) mass is 252 g/mol. The summed E-state index contributed by atoms with van der Waals surface area (Å²) >= 11 is 0. The third kappa shape index (κ3) is 3.96. The zero-order chi connectivity index (χ0) is 13.5. The third-order valence-electron chi connectivity index (χ3n) is 4.38. The molecule has 3 nitrogen and oxygen atoms in total. The van der Waals surface area contributed by atoms with Gasteiger partial charge >= 0.3 is 0 Å². The first kappa shape index (κ1) is 15.5. The van der Waals surface area contributed by atoms with E-state index in [1.165, 1.54) is 6.42 Å². The largest absolute Gasteiger partial charge is 0.383 e. The lowest BCUT2D eigenvalue weighted by Gasteiger charge is -2.42. The molecule has 1 fully saturated rings. The highest BCUT2D eigenvalue weighted by molar-refractivity contribution is 4.98. The summed E-state index contributed by atoms with van der Waals surface area (Å²) in [6.45, 7) is 8.50. The smallest absolute Gasteiger partial charge is 0.0672 e. The fourth-order valence-corrected chi connectivity index (χ4v) is 3.01. The molecular weight excluding hydrogens is 224 g/mol. The van der Waals surface area contributed by atoms with Crippen LogP contribution in [0.25, 0.3) is 0 Å². The average molecular weight is 252 g/mol. The predicted molar refractivity (Wildman–Crippen MR) is 74.2 cm³/mol. The second kappa shape index (κ2) is 7.76. The maximum Gasteiger partial charge on any atom is 0.0672 e. The molecule has 0 aromatic carbocycles. The summed E-state index contributed by atoms with van der Waals surface area (Å²) in [7, 11) is 1.75. The first-order valence-corrected chi connectivity index (χ1v) is 7.28. The normalized spacial score (nSPS) is 30.1. The minimum absolute atomic E-state index is 0.201. The van der Waals surface area contributed by atoms with Crippen molar-refractivity contribution in [2.75, 3.05) is 20.3 Å². The van der Waals surface area contributed by atoms with Crippen molar-refractivity contribution in [3.05, 3.63) is 0 Å². The van der Waals surface area contributed by atoms with Crippen LogP contribution in [0.4, 0.5) is 0 Å². The molecule has 4 atom stereocenters. The van der Waals surface area contributed by atoms with Gasteiger partial charge in [0.25, 0.3) is 0 Å². The van der Waals surface area contributed by atoms with Gasteiger partial charge in [-0.25, -0.2) is 0 Å². The summed E-state index contributed by atoms with van der Waals surface area (Å²) in [5.74, 6) is 0.945. The summed E-state index contributed by atoms with van der Waals surface area (Å²) in [6.07, 6.45) is 4.55. The van der Waals surface area contributed by atoms with Crippen LogP contribution in [0.1, 0.15) is 46.5 Å². The second-order valence-electron chi connectivity index (χ2n) is 5.71. The average Bonchev–Trinajstić information content (AvgIpc) is 2.39. The van der Waals surface area contributed by atoms with E-state index in [1.807, 2.05) is 0 Å². The lowest BCUT2D eigenvalue weighted by atomic mass is 9.78. The van der Waals surface area contributed by atoms with Crippen LogP contribution < -0.4 is 0 Å². The number of methoxy groups -OCH3 is 1. The summed E-state index contributed by atoms with van der Waals surface area (Å²) in [5, 5.41) is 9.37. The lowest BCUT2D eigenvalue weighted by Crippen LogP contribution is -2.49. The zero-order valence-electron chi connectivity index (χ0n) is 12.4. The molecule has 0 saturated heterocycles. The van der Waals surface area contributed by atoms with E-state index in [4.69, 9.17) is 4.74 Å². The van der Waals surface area contributed by atoms with Crippen molar-refractivity contribution >= 4 is 0 Å². The van der Waals surface area contributed by atoms with Crippen LogP contribution in [0, 0.1) is 23.2 Å². The summed E-state index contributed by atoms with van der Waals surface area (Å²) in [5.41, 5.74) is 0. The zero-order valence-corrected chi connectivity index (χ0v) is 12.4. The predicted octanol–water partition coefficient (Wildman–Crippen LogP) is 3.06. The first-order valence-electron chi connectivity index (χ1n) is 7.28. The van der Waals surface area contributed by atoms with E-state index >= 15 is 0 Å². The number of nitriles is 1. The van der Waals surface area contributed by atoms with Gasteiger partial charge in [0.2, 0.25) is 0 Å². The van der Waals surface area contributed by atoms with E-state index in [1.54, 1.807) is 7.11 Å². The van der Waals surface area contributed by atoms with Crippen LogP contribution in [0.2, 0.25) is 0 Å². The number of rotatable bonds is 6. The number of nitrogens with zero attached hydrogens (tertiary/aromatic N) is 2. The Bertz CT molecular complexity index is 274. The van der Waals surface area contributed by atoms with Crippen molar-refractivity contribution in [2.45, 2.75) is 58.5 Å². The van der Waals surface area contributed by atoms with Gasteiger partial charge in [-0.1, -0.05) is 13.8 Å². The van der Waals surface area contributed by atoms with Crippen molar-refractivity contribution in [3.63, 3.8) is 0 Å². The Hall–Kier alpha value is -0.590. The Morgan fingerprint density at radius 3 is 2.72 bits per heavy atom. The highest BCUT2D eigenvalue weighted by atomic mass is 16.5. The molecule has 0 radical (unpaired) electrons. The Morgan fingerprint density at radius 1 is 1.44 bits per heavy atom. The molecule has 104 valence electrons. The van der Waals surface area contributed by atoms with E-state index in [-0.39, 0.29) is 5.92 Å². The Morgan fingerprint density at radius 2 is 2.17 bits per heavy atom. The van der Waals surface area contributed by atoms with Crippen LogP contribution in [0.15, 0.2) is 0 Å². The van der Waals surface area contributed by atoms with E-state index in [9.17, 15) is 5.26 Å². The molecule has 1 rings (SSSR count). The third-order valence-corrected chi connectivity index (χ3v) is 4.38. The molecule has 3 heteroatoms. The quantitative estimate of drug-likeness (QED) is 0.729. The van der Waals surface area contributed by atoms with Crippen molar-refractivity contribution in [2.24, 2.45) is 11.8 Å². The molecule has 1 saturated carbocycles. The molecule has 0 amide bonds. The molecule has 1 aliphatic rings. The van der Waals surface area contributed by atoms with E-state index in [0.29, 0.717) is 12.1 Å². The molecule has 0 aromatic rings. The van der Waals surface area contributed by atoms with Crippen LogP contribution >= 0.6 is 0 Å². The van der Waals surface area contributed by atoms with Gasteiger partial charge in [-0.3, -0.25) is 4.90 Å². The molecule has 0 aromatic heterocycles. The van der Waals surface area contributed by atoms with Crippen LogP contribution in [-0.4, -0.2) is 37.2 Å². The second-order valence-corrected chi connectivity index (χ2v) is 5.71. The number of ether oxygens (including phenoxy) is 1. The molecule has 0 spiro atoms. The molecule has 0 bridgehead atoms. The van der Waals surface area contributed by atoms with Crippen molar-refractivity contribution in [3.8, 4) is 6.07 Å². The Kier molecular flexibility index (Phi) is 6.67. The van der Waals surface area contributed by atoms with Gasteiger partial charge in [0.1, 0.15) is 0 Å². The van der Waals surface area contributed by atoms with Crippen molar-refractivity contribution in [1.82, 2.24) is 4.90 Å².